The van der Waals surface area contributed by atoms with E-state index in [1.54, 1.807) is 11.3 Å². The number of amides is 1. The molecule has 2 N–H and O–H groups in total. The number of hydrogen-bond donors (Lipinski definition) is 2. The minimum absolute atomic E-state index is 0.138. The molecule has 1 aromatic carbocycles. The summed E-state index contributed by atoms with van der Waals surface area (Å²) in [5, 5.41) is 9.19. The minimum Gasteiger partial charge on any atom is -0.321 e. The number of carbonyl (C=O) groups is 1. The van der Waals surface area contributed by atoms with E-state index < -0.39 is 0 Å². The van der Waals surface area contributed by atoms with Crippen molar-refractivity contribution in [3.63, 3.8) is 0 Å². The number of anilines is 1. The number of benzene rings is 1. The van der Waals surface area contributed by atoms with E-state index >= 15 is 0 Å². The van der Waals surface area contributed by atoms with Gasteiger partial charge >= 0.3 is 0 Å². The summed E-state index contributed by atoms with van der Waals surface area (Å²) < 4.78 is 0. The third-order valence-electron chi connectivity index (χ3n) is 3.59. The Balaban J connectivity index is 1.73. The number of nitrogens with one attached hydrogen (secondary N) is 2. The third-order valence-corrected chi connectivity index (χ3v) is 4.55. The Kier molecular flexibility index (Phi) is 4.03. The van der Waals surface area contributed by atoms with Crippen LogP contribution in [-0.2, 0) is 0 Å². The van der Waals surface area contributed by atoms with Crippen molar-refractivity contribution in [2.45, 2.75) is 32.7 Å². The molecule has 5 heteroatoms. The number of aryl methyl sites for hydroxylation is 2. The Labute approximate surface area is 128 Å². The average Bonchev–Trinajstić information content (AvgIpc) is 3.09. The predicted molar refractivity (Wildman–Crippen MR) is 86.0 cm³/mol. The van der Waals surface area contributed by atoms with Crippen LogP contribution in [0, 0.1) is 13.8 Å². The molecule has 0 saturated carbocycles. The molecule has 2 aromatic rings. The smallest absolute Gasteiger partial charge is 0.275 e. The van der Waals surface area contributed by atoms with Crippen molar-refractivity contribution in [3.8, 4) is 0 Å². The van der Waals surface area contributed by atoms with Gasteiger partial charge in [0.15, 0.2) is 0 Å². The van der Waals surface area contributed by atoms with Gasteiger partial charge in [-0.05, 0) is 56.5 Å². The number of aromatic nitrogens is 1. The largest absolute Gasteiger partial charge is 0.321 e. The highest BCUT2D eigenvalue weighted by molar-refractivity contribution is 7.09. The van der Waals surface area contributed by atoms with Crippen molar-refractivity contribution < 1.29 is 4.79 Å². The maximum atomic E-state index is 12.3. The van der Waals surface area contributed by atoms with Crippen LogP contribution in [0.5, 0.6) is 0 Å². The second-order valence-corrected chi connectivity index (χ2v) is 6.44. The Morgan fingerprint density at radius 1 is 1.33 bits per heavy atom. The highest BCUT2D eigenvalue weighted by atomic mass is 32.1. The summed E-state index contributed by atoms with van der Waals surface area (Å²) in [7, 11) is 0. The molecule has 3 rings (SSSR count). The molecule has 4 nitrogen and oxygen atoms in total. The molecule has 1 amide bonds. The number of carbonyl (C=O) groups excluding carboxylic acids is 1. The lowest BCUT2D eigenvalue weighted by molar-refractivity contribution is 0.102. The van der Waals surface area contributed by atoms with Crippen molar-refractivity contribution in [1.82, 2.24) is 10.3 Å². The second-order valence-electron chi connectivity index (χ2n) is 5.55. The van der Waals surface area contributed by atoms with E-state index in [0.29, 0.717) is 11.7 Å². The Morgan fingerprint density at radius 2 is 2.10 bits per heavy atom. The van der Waals surface area contributed by atoms with Gasteiger partial charge in [0.1, 0.15) is 10.7 Å². The van der Waals surface area contributed by atoms with Crippen LogP contribution < -0.4 is 10.6 Å². The molecule has 0 aliphatic carbocycles. The lowest BCUT2D eigenvalue weighted by Gasteiger charge is -2.06. The number of thiazole rings is 1. The van der Waals surface area contributed by atoms with Gasteiger partial charge in [0.05, 0.1) is 6.04 Å². The molecular formula is C16H19N3OS. The van der Waals surface area contributed by atoms with Crippen LogP contribution in [0.1, 0.15) is 45.5 Å². The van der Waals surface area contributed by atoms with Gasteiger partial charge in [-0.2, -0.15) is 0 Å². The van der Waals surface area contributed by atoms with E-state index in [0.717, 1.165) is 34.8 Å². The lowest BCUT2D eigenvalue weighted by Crippen LogP contribution is -2.15. The highest BCUT2D eigenvalue weighted by Crippen LogP contribution is 2.26. The van der Waals surface area contributed by atoms with Gasteiger partial charge in [0.25, 0.3) is 5.91 Å². The molecule has 1 saturated heterocycles. The topological polar surface area (TPSA) is 54.0 Å². The fourth-order valence-electron chi connectivity index (χ4n) is 2.69. The van der Waals surface area contributed by atoms with E-state index in [1.165, 1.54) is 6.42 Å². The monoisotopic (exact) mass is 301 g/mol. The van der Waals surface area contributed by atoms with Crippen LogP contribution >= 0.6 is 11.3 Å². The van der Waals surface area contributed by atoms with Crippen molar-refractivity contribution in [2.24, 2.45) is 0 Å². The van der Waals surface area contributed by atoms with Crippen LogP contribution in [0.2, 0.25) is 0 Å². The Hall–Kier alpha value is -1.72. The summed E-state index contributed by atoms with van der Waals surface area (Å²) in [5.41, 5.74) is 3.60. The predicted octanol–water partition coefficient (Wildman–Crippen LogP) is 3.44. The van der Waals surface area contributed by atoms with E-state index in [-0.39, 0.29) is 5.91 Å². The summed E-state index contributed by atoms with van der Waals surface area (Å²) in [6.45, 7) is 5.08. The zero-order chi connectivity index (χ0) is 14.8. The fourth-order valence-corrected chi connectivity index (χ4v) is 3.60. The number of nitrogens with zero attached hydrogens (tertiary/aromatic N) is 1. The standard InChI is InChI=1S/C16H19N3OS/c1-10-6-11(2)8-12(7-10)18-15(20)14-9-21-16(19-14)13-4-3-5-17-13/h6-9,13,17H,3-5H2,1-2H3,(H,18,20). The second kappa shape index (κ2) is 5.95. The molecule has 1 fully saturated rings. The van der Waals surface area contributed by atoms with Gasteiger partial charge in [-0.1, -0.05) is 6.07 Å². The van der Waals surface area contributed by atoms with Gasteiger partial charge in [-0.15, -0.1) is 11.3 Å². The van der Waals surface area contributed by atoms with Gasteiger partial charge in [0, 0.05) is 11.1 Å². The zero-order valence-corrected chi connectivity index (χ0v) is 13.1. The van der Waals surface area contributed by atoms with Crippen LogP contribution in [0.4, 0.5) is 5.69 Å². The summed E-state index contributed by atoms with van der Waals surface area (Å²) >= 11 is 1.56. The lowest BCUT2D eigenvalue weighted by atomic mass is 10.1. The summed E-state index contributed by atoms with van der Waals surface area (Å²) in [4.78, 5) is 16.8. The maximum absolute atomic E-state index is 12.3. The summed E-state index contributed by atoms with van der Waals surface area (Å²) in [6, 6.07) is 6.34. The van der Waals surface area contributed by atoms with Gasteiger partial charge in [-0.25, -0.2) is 4.98 Å². The van der Waals surface area contributed by atoms with Crippen molar-refractivity contribution in [2.75, 3.05) is 11.9 Å². The molecule has 0 bridgehead atoms. The van der Waals surface area contributed by atoms with Gasteiger partial charge < -0.3 is 10.6 Å². The van der Waals surface area contributed by atoms with Crippen LogP contribution in [-0.4, -0.2) is 17.4 Å². The Morgan fingerprint density at radius 3 is 2.76 bits per heavy atom. The first-order valence-corrected chi connectivity index (χ1v) is 8.08. The van der Waals surface area contributed by atoms with E-state index in [9.17, 15) is 4.79 Å². The minimum atomic E-state index is -0.138. The molecule has 1 aliphatic heterocycles. The maximum Gasteiger partial charge on any atom is 0.275 e. The number of hydrogen-bond acceptors (Lipinski definition) is 4. The molecule has 0 radical (unpaired) electrons. The highest BCUT2D eigenvalue weighted by Gasteiger charge is 2.21. The first kappa shape index (κ1) is 14.2. The van der Waals surface area contributed by atoms with Gasteiger partial charge in [0.2, 0.25) is 0 Å². The van der Waals surface area contributed by atoms with Gasteiger partial charge in [-0.3, -0.25) is 4.79 Å². The van der Waals surface area contributed by atoms with E-state index in [4.69, 9.17) is 0 Å². The first-order valence-electron chi connectivity index (χ1n) is 7.20. The van der Waals surface area contributed by atoms with Crippen molar-refractivity contribution in [3.05, 3.63) is 45.4 Å². The molecule has 1 unspecified atom stereocenters. The number of rotatable bonds is 3. The molecule has 1 atom stereocenters. The molecule has 0 spiro atoms. The van der Waals surface area contributed by atoms with Crippen molar-refractivity contribution in [1.29, 1.82) is 0 Å². The quantitative estimate of drug-likeness (QED) is 0.913. The third kappa shape index (κ3) is 3.31. The normalized spacial score (nSPS) is 17.9. The van der Waals surface area contributed by atoms with Crippen LogP contribution in [0.3, 0.4) is 0 Å². The van der Waals surface area contributed by atoms with Crippen LogP contribution in [0.25, 0.3) is 0 Å². The molecule has 1 aliphatic rings. The van der Waals surface area contributed by atoms with Crippen molar-refractivity contribution >= 4 is 22.9 Å². The van der Waals surface area contributed by atoms with E-state index in [1.807, 2.05) is 31.4 Å². The first-order chi connectivity index (χ1) is 10.1. The van der Waals surface area contributed by atoms with E-state index in [2.05, 4.69) is 21.7 Å². The Bertz CT molecular complexity index is 639. The molecular weight excluding hydrogens is 282 g/mol. The summed E-state index contributed by atoms with van der Waals surface area (Å²) in [6.07, 6.45) is 2.28. The summed E-state index contributed by atoms with van der Waals surface area (Å²) in [5.74, 6) is -0.138. The fraction of sp³-hybridized carbons (Fsp3) is 0.375. The average molecular weight is 301 g/mol. The molecule has 21 heavy (non-hydrogen) atoms. The molecule has 1 aromatic heterocycles. The SMILES string of the molecule is Cc1cc(C)cc(NC(=O)c2csc(C3CCCN3)n2)c1. The van der Waals surface area contributed by atoms with Crippen LogP contribution in [0.15, 0.2) is 23.6 Å². The molecule has 2 heterocycles. The zero-order valence-electron chi connectivity index (χ0n) is 12.3. The molecule has 110 valence electrons.